The van der Waals surface area contributed by atoms with E-state index in [1.807, 2.05) is 47.0 Å². The first-order chi connectivity index (χ1) is 16.9. The summed E-state index contributed by atoms with van der Waals surface area (Å²) in [5, 5.41) is 11.1. The van der Waals surface area contributed by atoms with E-state index in [0.717, 1.165) is 25.5 Å². The first kappa shape index (κ1) is 21.9. The highest BCUT2D eigenvalue weighted by atomic mass is 79.9. The normalized spacial score (nSPS) is 31.8. The fraction of sp³-hybridized carbons (Fsp3) is 0.346. The molecule has 7 rings (SSSR count). The number of carboxylic acids is 1. The predicted molar refractivity (Wildman–Crippen MR) is 135 cm³/mol. The molecule has 2 aromatic carbocycles. The Labute approximate surface area is 217 Å². The summed E-state index contributed by atoms with van der Waals surface area (Å²) >= 11 is 6.52. The number of aromatic nitrogens is 1. The number of thioether (sulfide) groups is 1. The second kappa shape index (κ2) is 7.82. The lowest BCUT2D eigenvalue weighted by molar-refractivity contribution is -0.156. The number of carbonyl (C=O) groups excluding carboxylic acids is 1. The molecule has 3 heterocycles. The third kappa shape index (κ3) is 3.10. The van der Waals surface area contributed by atoms with Crippen molar-refractivity contribution in [3.05, 3.63) is 78.7 Å². The first-order valence-corrected chi connectivity index (χ1v) is 14.1. The topological polar surface area (TPSA) is 85.6 Å². The molecule has 2 aliphatic heterocycles. The van der Waals surface area contributed by atoms with Crippen LogP contribution in [0.25, 0.3) is 0 Å². The minimum absolute atomic E-state index is 0.0133. The average Bonchev–Trinajstić information content (AvgIpc) is 3.49. The van der Waals surface area contributed by atoms with Gasteiger partial charge in [0.2, 0.25) is 0 Å². The number of carbonyl (C=O) groups is 2. The van der Waals surface area contributed by atoms with Crippen molar-refractivity contribution in [1.29, 1.82) is 0 Å². The lowest BCUT2D eigenvalue weighted by Crippen LogP contribution is -2.49. The largest absolute Gasteiger partial charge is 0.481 e. The fourth-order valence-corrected chi connectivity index (χ4v) is 10.5. The van der Waals surface area contributed by atoms with Crippen molar-refractivity contribution in [2.45, 2.75) is 29.2 Å². The molecule has 178 valence electrons. The molecule has 7 atom stereocenters. The first-order valence-electron chi connectivity index (χ1n) is 11.6. The summed E-state index contributed by atoms with van der Waals surface area (Å²) in [7, 11) is 0. The Kier molecular flexibility index (Phi) is 4.89. The van der Waals surface area contributed by atoms with Gasteiger partial charge < -0.3 is 9.84 Å². The molecular formula is C26H20BrNO5S2. The predicted octanol–water partition coefficient (Wildman–Crippen LogP) is 4.83. The maximum atomic E-state index is 13.3. The van der Waals surface area contributed by atoms with Gasteiger partial charge in [0.25, 0.3) is 0 Å². The van der Waals surface area contributed by atoms with Crippen molar-refractivity contribution < 1.29 is 19.4 Å². The zero-order chi connectivity index (χ0) is 24.0. The Hall–Kier alpha value is -2.36. The Morgan fingerprint density at radius 3 is 2.71 bits per heavy atom. The number of rotatable bonds is 3. The van der Waals surface area contributed by atoms with Gasteiger partial charge in [-0.1, -0.05) is 57.6 Å². The van der Waals surface area contributed by atoms with E-state index in [1.54, 1.807) is 17.8 Å². The molecule has 0 saturated heterocycles. The summed E-state index contributed by atoms with van der Waals surface area (Å²) in [6, 6.07) is 15.5. The van der Waals surface area contributed by atoms with E-state index in [0.29, 0.717) is 18.7 Å². The number of carboxylic acid groups (broad SMARTS) is 1. The molecule has 2 bridgehead atoms. The van der Waals surface area contributed by atoms with E-state index in [9.17, 15) is 19.5 Å². The van der Waals surface area contributed by atoms with E-state index in [1.165, 1.54) is 11.3 Å². The Morgan fingerprint density at radius 2 is 1.94 bits per heavy atom. The van der Waals surface area contributed by atoms with Gasteiger partial charge in [-0.25, -0.2) is 0 Å². The summed E-state index contributed by atoms with van der Waals surface area (Å²) in [5.41, 5.74) is 1.94. The molecule has 0 spiro atoms. The van der Waals surface area contributed by atoms with Crippen LogP contribution in [0.15, 0.2) is 62.8 Å². The van der Waals surface area contributed by atoms with Crippen LogP contribution in [0.5, 0.6) is 5.75 Å². The van der Waals surface area contributed by atoms with Crippen LogP contribution in [-0.2, 0) is 16.1 Å². The fourth-order valence-electron chi connectivity index (χ4n) is 6.98. The van der Waals surface area contributed by atoms with E-state index < -0.39 is 23.8 Å². The van der Waals surface area contributed by atoms with Gasteiger partial charge in [-0.15, -0.1) is 11.8 Å². The second-order valence-corrected chi connectivity index (χ2v) is 12.9. The summed E-state index contributed by atoms with van der Waals surface area (Å²) in [4.78, 5) is 39.9. The van der Waals surface area contributed by atoms with Crippen LogP contribution in [-0.4, -0.2) is 26.9 Å². The van der Waals surface area contributed by atoms with Gasteiger partial charge in [0.05, 0.1) is 23.4 Å². The van der Waals surface area contributed by atoms with Gasteiger partial charge in [0.1, 0.15) is 5.75 Å². The minimum Gasteiger partial charge on any atom is -0.481 e. The molecule has 35 heavy (non-hydrogen) atoms. The summed E-state index contributed by atoms with van der Waals surface area (Å²) in [6.45, 7) is 0.474. The van der Waals surface area contributed by atoms with E-state index in [4.69, 9.17) is 4.74 Å². The van der Waals surface area contributed by atoms with Gasteiger partial charge >= 0.3 is 16.8 Å². The number of nitrogens with zero attached hydrogens (tertiary/aromatic N) is 1. The monoisotopic (exact) mass is 569 g/mol. The third-order valence-corrected chi connectivity index (χ3v) is 11.5. The molecule has 6 nitrogen and oxygen atoms in total. The zero-order valence-electron chi connectivity index (χ0n) is 18.3. The number of hydrogen-bond donors (Lipinski definition) is 1. The second-order valence-electron chi connectivity index (χ2n) is 9.80. The van der Waals surface area contributed by atoms with Crippen LogP contribution < -0.4 is 9.61 Å². The Balaban J connectivity index is 1.45. The van der Waals surface area contributed by atoms with Crippen LogP contribution in [0.4, 0.5) is 0 Å². The molecule has 9 heteroatoms. The van der Waals surface area contributed by atoms with E-state index in [2.05, 4.69) is 15.9 Å². The molecular weight excluding hydrogens is 550 g/mol. The molecule has 0 radical (unpaired) electrons. The molecule has 2 saturated carbocycles. The van der Waals surface area contributed by atoms with Crippen LogP contribution in [0.2, 0.25) is 0 Å². The lowest BCUT2D eigenvalue weighted by atomic mass is 9.66. The van der Waals surface area contributed by atoms with Crippen LogP contribution >= 0.6 is 39.0 Å². The van der Waals surface area contributed by atoms with Gasteiger partial charge in [-0.2, -0.15) is 0 Å². The van der Waals surface area contributed by atoms with Crippen molar-refractivity contribution in [1.82, 2.24) is 4.57 Å². The molecule has 1 N–H and O–H groups in total. The Morgan fingerprint density at radius 1 is 1.14 bits per heavy atom. The number of ether oxygens (including phenoxy) is 1. The summed E-state index contributed by atoms with van der Waals surface area (Å²) in [6.07, 6.45) is 0.705. The van der Waals surface area contributed by atoms with E-state index in [-0.39, 0.29) is 33.8 Å². The molecule has 1 aromatic heterocycles. The van der Waals surface area contributed by atoms with Gasteiger partial charge in [-0.3, -0.25) is 19.0 Å². The van der Waals surface area contributed by atoms with Gasteiger partial charge in [0.15, 0.2) is 0 Å². The summed E-state index contributed by atoms with van der Waals surface area (Å²) in [5.74, 6) is -2.53. The number of thiazole rings is 1. The number of benzene rings is 2. The van der Waals surface area contributed by atoms with Crippen molar-refractivity contribution >= 4 is 51.0 Å². The average molecular weight is 570 g/mol. The van der Waals surface area contributed by atoms with Crippen molar-refractivity contribution in [3.63, 3.8) is 0 Å². The Bertz CT molecular complexity index is 1450. The standard InChI is InChI=1S/C26H20BrNO5S2/c27-12-6-7-16-13(8-12)17-18-14-9-15(19(24(29)30)20(14)25(31)33-16)21(18)34-23-22(17)35-26(32)28(23)10-11-4-2-1-3-5-11/h1-8,14-15,17-21H,9-10H2,(H,29,30). The summed E-state index contributed by atoms with van der Waals surface area (Å²) < 4.78 is 8.61. The molecule has 0 amide bonds. The number of fused-ring (bicyclic) bond motifs is 6. The van der Waals surface area contributed by atoms with Crippen LogP contribution in [0.3, 0.4) is 0 Å². The minimum atomic E-state index is -0.926. The number of halogens is 1. The molecule has 3 aromatic rings. The van der Waals surface area contributed by atoms with Crippen molar-refractivity contribution in [2.24, 2.45) is 29.6 Å². The number of aliphatic carboxylic acids is 1. The third-order valence-electron chi connectivity index (χ3n) is 8.20. The maximum Gasteiger partial charge on any atom is 0.315 e. The highest BCUT2D eigenvalue weighted by molar-refractivity contribution is 9.10. The number of hydrogen-bond acceptors (Lipinski definition) is 6. The van der Waals surface area contributed by atoms with Gasteiger partial charge in [0, 0.05) is 26.1 Å². The highest BCUT2D eigenvalue weighted by Gasteiger charge is 2.67. The lowest BCUT2D eigenvalue weighted by Gasteiger charge is -2.46. The molecule has 7 unspecified atom stereocenters. The highest BCUT2D eigenvalue weighted by Crippen LogP contribution is 2.68. The molecule has 4 aliphatic rings. The van der Waals surface area contributed by atoms with Crippen LogP contribution in [0.1, 0.15) is 28.3 Å². The number of esters is 1. The van der Waals surface area contributed by atoms with Gasteiger partial charge in [-0.05, 0) is 47.9 Å². The SMILES string of the molecule is O=C(O)C1C2CC3C1C(=O)Oc1ccc(Br)cc1C1c4sc(=O)n(Cc5ccccc5)c4SC2C13. The van der Waals surface area contributed by atoms with Crippen molar-refractivity contribution in [2.75, 3.05) is 0 Å². The maximum absolute atomic E-state index is 13.3. The molecule has 2 fully saturated rings. The van der Waals surface area contributed by atoms with Crippen LogP contribution in [0, 0.1) is 29.6 Å². The quantitative estimate of drug-likeness (QED) is 0.359. The van der Waals surface area contributed by atoms with E-state index >= 15 is 0 Å². The smallest absolute Gasteiger partial charge is 0.315 e. The zero-order valence-corrected chi connectivity index (χ0v) is 21.5. The molecule has 2 aliphatic carbocycles. The van der Waals surface area contributed by atoms with Crippen molar-refractivity contribution in [3.8, 4) is 5.75 Å².